The van der Waals surface area contributed by atoms with Crippen molar-refractivity contribution in [2.45, 2.75) is 20.0 Å². The van der Waals surface area contributed by atoms with Gasteiger partial charge < -0.3 is 5.11 Å². The first-order valence-electron chi connectivity index (χ1n) is 6.34. The van der Waals surface area contributed by atoms with E-state index in [0.29, 0.717) is 6.54 Å². The summed E-state index contributed by atoms with van der Waals surface area (Å²) in [4.78, 5) is 21.3. The van der Waals surface area contributed by atoms with Gasteiger partial charge in [-0.2, -0.15) is 0 Å². The van der Waals surface area contributed by atoms with E-state index in [-0.39, 0.29) is 5.69 Å². The van der Waals surface area contributed by atoms with Crippen LogP contribution in [-0.4, -0.2) is 33.0 Å². The van der Waals surface area contributed by atoms with Gasteiger partial charge in [-0.3, -0.25) is 9.88 Å². The predicted octanol–water partition coefficient (Wildman–Crippen LogP) is 2.12. The number of carbonyl (C=O) groups is 1. The smallest absolute Gasteiger partial charge is 0.354 e. The number of pyridine rings is 2. The Kier molecular flexibility index (Phi) is 4.42. The first-order valence-corrected chi connectivity index (χ1v) is 6.34. The highest BCUT2D eigenvalue weighted by molar-refractivity contribution is 5.85. The summed E-state index contributed by atoms with van der Waals surface area (Å²) in [7, 11) is 1.98. The molecular formula is C15H17N3O2. The lowest BCUT2D eigenvalue weighted by atomic mass is 10.2. The molecular weight excluding hydrogens is 254 g/mol. The average molecular weight is 271 g/mol. The number of carboxylic acids is 1. The fourth-order valence-corrected chi connectivity index (χ4v) is 2.03. The zero-order valence-corrected chi connectivity index (χ0v) is 11.6. The maximum Gasteiger partial charge on any atom is 0.354 e. The summed E-state index contributed by atoms with van der Waals surface area (Å²) in [6.07, 6.45) is 1.79. The third-order valence-electron chi connectivity index (χ3n) is 2.87. The predicted molar refractivity (Wildman–Crippen MR) is 75.3 cm³/mol. The first-order chi connectivity index (χ1) is 9.54. The van der Waals surface area contributed by atoms with Crippen molar-refractivity contribution in [3.8, 4) is 0 Å². The van der Waals surface area contributed by atoms with Crippen LogP contribution in [0.25, 0.3) is 0 Å². The summed E-state index contributed by atoms with van der Waals surface area (Å²) >= 11 is 0. The van der Waals surface area contributed by atoms with Crippen LogP contribution in [0, 0.1) is 6.92 Å². The molecule has 0 aliphatic carbocycles. The van der Waals surface area contributed by atoms with Crippen molar-refractivity contribution < 1.29 is 9.90 Å². The SMILES string of the molecule is Cc1cc(CN(C)Cc2cccc(C(=O)O)n2)ccn1. The van der Waals surface area contributed by atoms with Crippen LogP contribution in [0.15, 0.2) is 36.5 Å². The highest BCUT2D eigenvalue weighted by Crippen LogP contribution is 2.08. The summed E-state index contributed by atoms with van der Waals surface area (Å²) in [5.41, 5.74) is 2.99. The highest BCUT2D eigenvalue weighted by Gasteiger charge is 2.07. The summed E-state index contributed by atoms with van der Waals surface area (Å²) in [6, 6.07) is 9.07. The molecule has 5 heteroatoms. The Balaban J connectivity index is 2.02. The van der Waals surface area contributed by atoms with Crippen molar-refractivity contribution in [1.29, 1.82) is 0 Å². The Morgan fingerprint density at radius 1 is 1.30 bits per heavy atom. The summed E-state index contributed by atoms with van der Waals surface area (Å²) in [5, 5.41) is 8.93. The Morgan fingerprint density at radius 3 is 2.80 bits per heavy atom. The molecule has 0 saturated heterocycles. The third kappa shape index (κ3) is 3.86. The van der Waals surface area contributed by atoms with Crippen LogP contribution in [0.1, 0.15) is 27.4 Å². The minimum absolute atomic E-state index is 0.0793. The Hall–Kier alpha value is -2.27. The fraction of sp³-hybridized carbons (Fsp3) is 0.267. The normalized spacial score (nSPS) is 10.8. The molecule has 0 aromatic carbocycles. The van der Waals surface area contributed by atoms with Crippen LogP contribution in [-0.2, 0) is 13.1 Å². The number of hydrogen-bond donors (Lipinski definition) is 1. The second kappa shape index (κ2) is 6.25. The number of nitrogens with zero attached hydrogens (tertiary/aromatic N) is 3. The van der Waals surface area contributed by atoms with E-state index in [1.807, 2.05) is 32.2 Å². The zero-order valence-electron chi connectivity index (χ0n) is 11.6. The van der Waals surface area contributed by atoms with Gasteiger partial charge in [0.1, 0.15) is 5.69 Å². The molecule has 2 aromatic rings. The van der Waals surface area contributed by atoms with E-state index in [0.717, 1.165) is 17.9 Å². The summed E-state index contributed by atoms with van der Waals surface area (Å²) in [5.74, 6) is -1.00. The quantitative estimate of drug-likeness (QED) is 0.902. The Bertz CT molecular complexity index is 614. The van der Waals surface area contributed by atoms with E-state index in [4.69, 9.17) is 5.11 Å². The number of aryl methyl sites for hydroxylation is 1. The maximum absolute atomic E-state index is 10.9. The minimum atomic E-state index is -1.00. The van der Waals surface area contributed by atoms with E-state index in [9.17, 15) is 4.79 Å². The molecule has 0 unspecified atom stereocenters. The van der Waals surface area contributed by atoms with Crippen molar-refractivity contribution >= 4 is 5.97 Å². The van der Waals surface area contributed by atoms with Crippen LogP contribution < -0.4 is 0 Å². The Labute approximate surface area is 117 Å². The molecule has 0 amide bonds. The van der Waals surface area contributed by atoms with E-state index in [2.05, 4.69) is 14.9 Å². The van der Waals surface area contributed by atoms with Crippen molar-refractivity contribution in [3.05, 3.63) is 59.2 Å². The number of carboxylic acid groups (broad SMARTS) is 1. The van der Waals surface area contributed by atoms with Crippen LogP contribution in [0.4, 0.5) is 0 Å². The van der Waals surface area contributed by atoms with Crippen molar-refractivity contribution in [2.75, 3.05) is 7.05 Å². The van der Waals surface area contributed by atoms with Crippen LogP contribution >= 0.6 is 0 Å². The van der Waals surface area contributed by atoms with Crippen LogP contribution in [0.3, 0.4) is 0 Å². The van der Waals surface area contributed by atoms with Gasteiger partial charge >= 0.3 is 5.97 Å². The van der Waals surface area contributed by atoms with Gasteiger partial charge in [0.25, 0.3) is 0 Å². The number of rotatable bonds is 5. The van der Waals surface area contributed by atoms with E-state index < -0.39 is 5.97 Å². The van der Waals surface area contributed by atoms with Crippen molar-refractivity contribution in [3.63, 3.8) is 0 Å². The van der Waals surface area contributed by atoms with Crippen LogP contribution in [0.5, 0.6) is 0 Å². The molecule has 0 bridgehead atoms. The van der Waals surface area contributed by atoms with Gasteiger partial charge in [-0.15, -0.1) is 0 Å². The molecule has 0 spiro atoms. The molecule has 5 nitrogen and oxygen atoms in total. The van der Waals surface area contributed by atoms with Gasteiger partial charge in [0.2, 0.25) is 0 Å². The third-order valence-corrected chi connectivity index (χ3v) is 2.87. The van der Waals surface area contributed by atoms with E-state index >= 15 is 0 Å². The van der Waals surface area contributed by atoms with Crippen molar-refractivity contribution in [1.82, 2.24) is 14.9 Å². The lowest BCUT2D eigenvalue weighted by Gasteiger charge is -2.16. The molecule has 0 saturated carbocycles. The molecule has 0 atom stereocenters. The molecule has 1 N–H and O–H groups in total. The van der Waals surface area contributed by atoms with Gasteiger partial charge in [-0.1, -0.05) is 6.07 Å². The van der Waals surface area contributed by atoms with Crippen molar-refractivity contribution in [2.24, 2.45) is 0 Å². The molecule has 2 aromatic heterocycles. The van der Waals surface area contributed by atoms with Gasteiger partial charge in [0, 0.05) is 25.0 Å². The zero-order chi connectivity index (χ0) is 14.5. The molecule has 0 aliphatic heterocycles. The van der Waals surface area contributed by atoms with Gasteiger partial charge in [-0.25, -0.2) is 9.78 Å². The lowest BCUT2D eigenvalue weighted by molar-refractivity contribution is 0.0690. The first kappa shape index (κ1) is 14.1. The lowest BCUT2D eigenvalue weighted by Crippen LogP contribution is -2.18. The molecule has 2 heterocycles. The monoisotopic (exact) mass is 271 g/mol. The standard InChI is InChI=1S/C15H17N3O2/c1-11-8-12(6-7-16-11)9-18(2)10-13-4-3-5-14(17-13)15(19)20/h3-8H,9-10H2,1-2H3,(H,19,20). The molecule has 104 valence electrons. The largest absolute Gasteiger partial charge is 0.477 e. The topological polar surface area (TPSA) is 66.3 Å². The summed E-state index contributed by atoms with van der Waals surface area (Å²) < 4.78 is 0. The molecule has 2 rings (SSSR count). The Morgan fingerprint density at radius 2 is 2.10 bits per heavy atom. The number of aromatic nitrogens is 2. The van der Waals surface area contributed by atoms with Gasteiger partial charge in [0.05, 0.1) is 5.69 Å². The second-order valence-electron chi connectivity index (χ2n) is 4.80. The maximum atomic E-state index is 10.9. The van der Waals surface area contributed by atoms with E-state index in [1.165, 1.54) is 11.6 Å². The highest BCUT2D eigenvalue weighted by atomic mass is 16.4. The molecule has 0 fully saturated rings. The fourth-order valence-electron chi connectivity index (χ4n) is 2.03. The molecule has 0 aliphatic rings. The van der Waals surface area contributed by atoms with E-state index in [1.54, 1.807) is 12.3 Å². The van der Waals surface area contributed by atoms with Gasteiger partial charge in [0.15, 0.2) is 0 Å². The molecule has 0 radical (unpaired) electrons. The number of aromatic carboxylic acids is 1. The summed E-state index contributed by atoms with van der Waals surface area (Å²) in [6.45, 7) is 3.33. The number of hydrogen-bond acceptors (Lipinski definition) is 4. The second-order valence-corrected chi connectivity index (χ2v) is 4.80. The molecule has 20 heavy (non-hydrogen) atoms. The minimum Gasteiger partial charge on any atom is -0.477 e. The average Bonchev–Trinajstić information content (AvgIpc) is 2.38. The van der Waals surface area contributed by atoms with Crippen LogP contribution in [0.2, 0.25) is 0 Å². The van der Waals surface area contributed by atoms with Gasteiger partial charge in [-0.05, 0) is 43.8 Å².